The van der Waals surface area contributed by atoms with E-state index in [1.54, 1.807) is 4.40 Å². The van der Waals surface area contributed by atoms with Crippen LogP contribution in [0.5, 0.6) is 0 Å². The van der Waals surface area contributed by atoms with Gasteiger partial charge in [-0.2, -0.15) is 0 Å². The Morgan fingerprint density at radius 1 is 1.09 bits per heavy atom. The van der Waals surface area contributed by atoms with E-state index in [9.17, 15) is 4.91 Å². The third kappa shape index (κ3) is 2.30. The number of hydrogen-bond acceptors (Lipinski definition) is 3. The van der Waals surface area contributed by atoms with E-state index >= 15 is 0 Å². The predicted octanol–water partition coefficient (Wildman–Crippen LogP) is 5.01. The number of aryl methyl sites for hydroxylation is 1. The highest BCUT2D eigenvalue weighted by Crippen LogP contribution is 2.33. The van der Waals surface area contributed by atoms with Crippen molar-refractivity contribution in [1.82, 2.24) is 9.38 Å². The Kier molecular flexibility index (Phi) is 3.32. The van der Waals surface area contributed by atoms with E-state index in [1.165, 1.54) is 5.56 Å². The van der Waals surface area contributed by atoms with Crippen LogP contribution >= 0.6 is 0 Å². The SMILES string of the molecule is Cc1cccn2c(N=O)c(-c3ccc(C(C)(C)C)cc3)nc12. The molecule has 0 aliphatic carbocycles. The maximum absolute atomic E-state index is 11.3. The molecule has 4 nitrogen and oxygen atoms in total. The minimum atomic E-state index is 0.0970. The maximum Gasteiger partial charge on any atom is 0.209 e. The topological polar surface area (TPSA) is 46.7 Å². The molecule has 0 atom stereocenters. The Bertz CT molecular complexity index is 839. The lowest BCUT2D eigenvalue weighted by molar-refractivity contribution is 0.590. The molecule has 4 heteroatoms. The molecule has 0 aliphatic rings. The van der Waals surface area contributed by atoms with E-state index in [0.717, 1.165) is 16.8 Å². The van der Waals surface area contributed by atoms with Gasteiger partial charge in [-0.25, -0.2) is 4.98 Å². The van der Waals surface area contributed by atoms with Gasteiger partial charge in [0.2, 0.25) is 5.82 Å². The fraction of sp³-hybridized carbons (Fsp3) is 0.278. The van der Waals surface area contributed by atoms with Crippen LogP contribution in [0.15, 0.2) is 47.8 Å². The fourth-order valence-electron chi connectivity index (χ4n) is 2.60. The molecule has 3 rings (SSSR count). The molecule has 0 N–H and O–H groups in total. The molecule has 2 heterocycles. The van der Waals surface area contributed by atoms with Crippen LogP contribution < -0.4 is 0 Å². The summed E-state index contributed by atoms with van der Waals surface area (Å²) < 4.78 is 1.75. The van der Waals surface area contributed by atoms with Gasteiger partial charge in [0.25, 0.3) is 0 Å². The first kappa shape index (κ1) is 14.4. The van der Waals surface area contributed by atoms with Crippen molar-refractivity contribution >= 4 is 11.5 Å². The van der Waals surface area contributed by atoms with Gasteiger partial charge < -0.3 is 0 Å². The van der Waals surface area contributed by atoms with E-state index in [-0.39, 0.29) is 5.41 Å². The summed E-state index contributed by atoms with van der Waals surface area (Å²) in [4.78, 5) is 15.9. The lowest BCUT2D eigenvalue weighted by Crippen LogP contribution is -2.10. The number of benzene rings is 1. The molecule has 22 heavy (non-hydrogen) atoms. The molecule has 3 aromatic rings. The highest BCUT2D eigenvalue weighted by molar-refractivity contribution is 5.75. The Hall–Kier alpha value is -2.49. The zero-order valence-corrected chi connectivity index (χ0v) is 13.3. The van der Waals surface area contributed by atoms with Crippen LogP contribution in [0.3, 0.4) is 0 Å². The van der Waals surface area contributed by atoms with Gasteiger partial charge in [-0.3, -0.25) is 4.40 Å². The van der Waals surface area contributed by atoms with E-state index in [0.29, 0.717) is 11.5 Å². The van der Waals surface area contributed by atoms with E-state index in [2.05, 4.69) is 43.1 Å². The summed E-state index contributed by atoms with van der Waals surface area (Å²) >= 11 is 0. The van der Waals surface area contributed by atoms with Crippen LogP contribution in [0, 0.1) is 11.8 Å². The smallest absolute Gasteiger partial charge is 0.209 e. The van der Waals surface area contributed by atoms with Crippen molar-refractivity contribution < 1.29 is 0 Å². The number of aromatic nitrogens is 2. The van der Waals surface area contributed by atoms with Crippen LogP contribution in [0.2, 0.25) is 0 Å². The quantitative estimate of drug-likeness (QED) is 0.624. The van der Waals surface area contributed by atoms with Gasteiger partial charge in [0.15, 0.2) is 0 Å². The summed E-state index contributed by atoms with van der Waals surface area (Å²) in [5.41, 5.74) is 4.67. The highest BCUT2D eigenvalue weighted by Gasteiger charge is 2.17. The van der Waals surface area contributed by atoms with Crippen molar-refractivity contribution in [1.29, 1.82) is 0 Å². The molecule has 0 bridgehead atoms. The molecule has 112 valence electrons. The second-order valence-corrected chi connectivity index (χ2v) is 6.59. The Balaban J connectivity index is 2.18. The van der Waals surface area contributed by atoms with Crippen LogP contribution in [-0.2, 0) is 5.41 Å². The second-order valence-electron chi connectivity index (χ2n) is 6.59. The zero-order valence-electron chi connectivity index (χ0n) is 13.3. The van der Waals surface area contributed by atoms with Crippen molar-refractivity contribution in [2.75, 3.05) is 0 Å². The minimum Gasteiger partial charge on any atom is -0.281 e. The summed E-state index contributed by atoms with van der Waals surface area (Å²) in [7, 11) is 0. The Labute approximate surface area is 129 Å². The number of rotatable bonds is 2. The lowest BCUT2D eigenvalue weighted by Gasteiger charge is -2.18. The largest absolute Gasteiger partial charge is 0.281 e. The molecule has 0 aliphatic heterocycles. The zero-order chi connectivity index (χ0) is 15.9. The number of fused-ring (bicyclic) bond motifs is 1. The van der Waals surface area contributed by atoms with Gasteiger partial charge in [0.05, 0.1) is 0 Å². The number of pyridine rings is 1. The molecular weight excluding hydrogens is 274 g/mol. The Morgan fingerprint density at radius 3 is 2.36 bits per heavy atom. The van der Waals surface area contributed by atoms with Crippen molar-refractivity contribution in [3.63, 3.8) is 0 Å². The molecule has 0 radical (unpaired) electrons. The van der Waals surface area contributed by atoms with Crippen LogP contribution in [-0.4, -0.2) is 9.38 Å². The second kappa shape index (κ2) is 5.05. The summed E-state index contributed by atoms with van der Waals surface area (Å²) in [6, 6.07) is 12.1. The standard InChI is InChI=1S/C18H19N3O/c1-12-6-5-11-21-16(12)19-15(17(21)20-22)13-7-9-14(10-8-13)18(2,3)4/h5-11H,1-4H3. The normalized spacial score (nSPS) is 11.8. The van der Waals surface area contributed by atoms with Crippen LogP contribution in [0.4, 0.5) is 5.82 Å². The number of nitrogens with zero attached hydrogens (tertiary/aromatic N) is 3. The van der Waals surface area contributed by atoms with Crippen molar-refractivity contribution in [3.8, 4) is 11.3 Å². The molecule has 0 saturated carbocycles. The lowest BCUT2D eigenvalue weighted by atomic mass is 9.86. The van der Waals surface area contributed by atoms with E-state index in [1.807, 2.05) is 37.4 Å². The number of imidazole rings is 1. The molecule has 2 aromatic heterocycles. The van der Waals surface area contributed by atoms with Crippen molar-refractivity contribution in [2.24, 2.45) is 5.18 Å². The van der Waals surface area contributed by atoms with Crippen LogP contribution in [0.1, 0.15) is 31.9 Å². The summed E-state index contributed by atoms with van der Waals surface area (Å²) in [5, 5.41) is 3.20. The van der Waals surface area contributed by atoms with Crippen LogP contribution in [0.25, 0.3) is 16.9 Å². The first-order valence-electron chi connectivity index (χ1n) is 7.34. The molecule has 1 aromatic carbocycles. The third-order valence-electron chi connectivity index (χ3n) is 3.93. The van der Waals surface area contributed by atoms with Crippen molar-refractivity contribution in [2.45, 2.75) is 33.1 Å². The minimum absolute atomic E-state index is 0.0970. The molecule has 0 saturated heterocycles. The number of nitroso groups, excluding NO2 is 1. The van der Waals surface area contributed by atoms with Gasteiger partial charge in [-0.15, -0.1) is 4.91 Å². The third-order valence-corrected chi connectivity index (χ3v) is 3.93. The summed E-state index contributed by atoms with van der Waals surface area (Å²) in [6.07, 6.45) is 1.82. The molecule has 0 unspecified atom stereocenters. The van der Waals surface area contributed by atoms with Gasteiger partial charge in [0.1, 0.15) is 11.3 Å². The van der Waals surface area contributed by atoms with E-state index in [4.69, 9.17) is 0 Å². The average Bonchev–Trinajstić information content (AvgIpc) is 2.86. The Morgan fingerprint density at radius 2 is 1.77 bits per heavy atom. The molecule has 0 fully saturated rings. The first-order chi connectivity index (χ1) is 10.4. The van der Waals surface area contributed by atoms with Gasteiger partial charge in [-0.05, 0) is 34.7 Å². The highest BCUT2D eigenvalue weighted by atomic mass is 16.3. The monoisotopic (exact) mass is 293 g/mol. The summed E-state index contributed by atoms with van der Waals surface area (Å²) in [6.45, 7) is 8.50. The van der Waals surface area contributed by atoms with Gasteiger partial charge in [0, 0.05) is 11.8 Å². The maximum atomic E-state index is 11.3. The van der Waals surface area contributed by atoms with Gasteiger partial charge >= 0.3 is 0 Å². The van der Waals surface area contributed by atoms with E-state index < -0.39 is 0 Å². The molecular formula is C18H19N3O. The molecule has 0 spiro atoms. The molecule has 0 amide bonds. The summed E-state index contributed by atoms with van der Waals surface area (Å²) in [5.74, 6) is 0.349. The average molecular weight is 293 g/mol. The first-order valence-corrected chi connectivity index (χ1v) is 7.34. The van der Waals surface area contributed by atoms with Crippen molar-refractivity contribution in [3.05, 3.63) is 58.6 Å². The van der Waals surface area contributed by atoms with Gasteiger partial charge in [-0.1, -0.05) is 51.1 Å². The fourth-order valence-corrected chi connectivity index (χ4v) is 2.60. The number of hydrogen-bond donors (Lipinski definition) is 0. The predicted molar refractivity (Wildman–Crippen MR) is 89.5 cm³/mol.